The van der Waals surface area contributed by atoms with E-state index in [2.05, 4.69) is 0 Å². The van der Waals surface area contributed by atoms with Gasteiger partial charge in [-0.3, -0.25) is 0 Å². The highest BCUT2D eigenvalue weighted by Crippen LogP contribution is 2.42. The number of benzene rings is 1. The molecule has 1 N–H and O–H groups in total. The Morgan fingerprint density at radius 3 is 2.67 bits per heavy atom. The molecule has 0 unspecified atom stereocenters. The van der Waals surface area contributed by atoms with E-state index in [1.807, 2.05) is 0 Å². The highest BCUT2D eigenvalue weighted by atomic mass is 35.5. The summed E-state index contributed by atoms with van der Waals surface area (Å²) in [5, 5.41) is 8.91. The summed E-state index contributed by atoms with van der Waals surface area (Å²) in [6.07, 6.45) is -0.338. The molecular weight excluding hydrogens is 266 g/mol. The summed E-state index contributed by atoms with van der Waals surface area (Å²) >= 11 is 5.84. The van der Waals surface area contributed by atoms with Crippen LogP contribution in [0.5, 0.6) is 5.75 Å². The number of rotatable bonds is 4. The Morgan fingerprint density at radius 1 is 1.50 bits per heavy atom. The number of ether oxygens (including phenoxy) is 1. The van der Waals surface area contributed by atoms with E-state index in [-0.39, 0.29) is 36.0 Å². The third-order valence-corrected chi connectivity index (χ3v) is 3.12. The largest absolute Gasteiger partial charge is 0.492 e. The molecule has 0 amide bonds. The van der Waals surface area contributed by atoms with E-state index in [1.54, 1.807) is 0 Å². The predicted molar refractivity (Wildman–Crippen MR) is 61.6 cm³/mol. The van der Waals surface area contributed by atoms with Gasteiger partial charge in [-0.05, 0) is 18.2 Å². The molecule has 0 bridgehead atoms. The maximum atomic E-state index is 12.6. The average molecular weight is 277 g/mol. The van der Waals surface area contributed by atoms with Gasteiger partial charge in [0.15, 0.2) is 0 Å². The van der Waals surface area contributed by atoms with Crippen LogP contribution in [-0.2, 0) is 0 Å². The van der Waals surface area contributed by atoms with E-state index in [0.717, 1.165) is 0 Å². The van der Waals surface area contributed by atoms with Gasteiger partial charge < -0.3 is 9.84 Å². The molecule has 1 aliphatic carbocycles. The minimum Gasteiger partial charge on any atom is -0.492 e. The number of hydrogen-bond donors (Lipinski definition) is 1. The molecule has 1 saturated carbocycles. The zero-order chi connectivity index (χ0) is 13.3. The fourth-order valence-electron chi connectivity index (χ4n) is 1.86. The van der Waals surface area contributed by atoms with Crippen molar-refractivity contribution >= 4 is 17.6 Å². The maximum Gasteiger partial charge on any atom is 0.335 e. The lowest BCUT2D eigenvalue weighted by molar-refractivity contribution is -0.119. The number of carboxylic acids is 1. The van der Waals surface area contributed by atoms with Crippen LogP contribution in [0.1, 0.15) is 23.2 Å². The molecule has 1 aromatic carbocycles. The summed E-state index contributed by atoms with van der Waals surface area (Å²) in [6.45, 7) is 0.168. The minimum atomic E-state index is -2.56. The van der Waals surface area contributed by atoms with Gasteiger partial charge in [-0.2, -0.15) is 0 Å². The highest BCUT2D eigenvalue weighted by Gasteiger charge is 2.45. The first-order valence-corrected chi connectivity index (χ1v) is 5.79. The van der Waals surface area contributed by atoms with Crippen molar-refractivity contribution in [2.24, 2.45) is 5.92 Å². The van der Waals surface area contributed by atoms with Crippen LogP contribution in [0.3, 0.4) is 0 Å². The molecule has 1 aliphatic rings. The van der Waals surface area contributed by atoms with E-state index in [0.29, 0.717) is 5.75 Å². The Labute approximate surface area is 107 Å². The Balaban J connectivity index is 1.92. The maximum absolute atomic E-state index is 12.6. The number of alkyl halides is 2. The van der Waals surface area contributed by atoms with E-state index < -0.39 is 11.9 Å². The van der Waals surface area contributed by atoms with Crippen LogP contribution >= 0.6 is 11.6 Å². The number of carboxylic acid groups (broad SMARTS) is 1. The first kappa shape index (κ1) is 13.1. The molecule has 0 aromatic heterocycles. The quantitative estimate of drug-likeness (QED) is 0.916. The van der Waals surface area contributed by atoms with Crippen LogP contribution in [0.2, 0.25) is 5.02 Å². The summed E-state index contributed by atoms with van der Waals surface area (Å²) in [5.41, 5.74) is 0.0579. The summed E-state index contributed by atoms with van der Waals surface area (Å²) in [5.74, 6) is -3.50. The first-order chi connectivity index (χ1) is 8.37. The smallest absolute Gasteiger partial charge is 0.335 e. The molecule has 1 aromatic rings. The van der Waals surface area contributed by atoms with Gasteiger partial charge in [0.25, 0.3) is 0 Å². The summed E-state index contributed by atoms with van der Waals surface area (Å²) in [6, 6.07) is 4.07. The lowest BCUT2D eigenvalue weighted by Gasteiger charge is -2.34. The Bertz CT molecular complexity index is 468. The molecule has 1 fully saturated rings. The van der Waals surface area contributed by atoms with Crippen LogP contribution < -0.4 is 4.74 Å². The van der Waals surface area contributed by atoms with E-state index in [4.69, 9.17) is 21.4 Å². The Morgan fingerprint density at radius 2 is 2.17 bits per heavy atom. The normalized spacial score (nSPS) is 18.2. The van der Waals surface area contributed by atoms with Crippen LogP contribution in [0.4, 0.5) is 8.78 Å². The van der Waals surface area contributed by atoms with E-state index >= 15 is 0 Å². The summed E-state index contributed by atoms with van der Waals surface area (Å²) in [7, 11) is 0. The van der Waals surface area contributed by atoms with Crippen molar-refractivity contribution in [3.8, 4) is 5.75 Å². The zero-order valence-corrected chi connectivity index (χ0v) is 10.1. The molecule has 0 atom stereocenters. The third-order valence-electron chi connectivity index (χ3n) is 2.83. The van der Waals surface area contributed by atoms with Crippen molar-refractivity contribution in [2.75, 3.05) is 6.61 Å². The van der Waals surface area contributed by atoms with Crippen molar-refractivity contribution in [3.05, 3.63) is 28.8 Å². The molecule has 0 heterocycles. The van der Waals surface area contributed by atoms with Gasteiger partial charge in [0.2, 0.25) is 5.92 Å². The zero-order valence-electron chi connectivity index (χ0n) is 9.33. The minimum absolute atomic E-state index is 0.0579. The Hall–Kier alpha value is -1.36. The molecule has 0 spiro atoms. The standard InChI is InChI=1S/C12H11ClF2O3/c13-9-3-8(11(16)17)1-2-10(9)18-6-7-4-12(14,15)5-7/h1-3,7H,4-6H2,(H,16,17). The fraction of sp³-hybridized carbons (Fsp3) is 0.417. The number of aromatic carboxylic acids is 1. The van der Waals surface area contributed by atoms with Gasteiger partial charge in [-0.25, -0.2) is 13.6 Å². The third kappa shape index (κ3) is 2.90. The topological polar surface area (TPSA) is 46.5 Å². The fourth-order valence-corrected chi connectivity index (χ4v) is 2.10. The number of halogens is 3. The molecule has 98 valence electrons. The van der Waals surface area contributed by atoms with Crippen molar-refractivity contribution in [3.63, 3.8) is 0 Å². The van der Waals surface area contributed by atoms with Gasteiger partial charge >= 0.3 is 5.97 Å². The SMILES string of the molecule is O=C(O)c1ccc(OCC2CC(F)(F)C2)c(Cl)c1. The second-order valence-electron chi connectivity index (χ2n) is 4.39. The van der Waals surface area contributed by atoms with Gasteiger partial charge in [0.1, 0.15) is 5.75 Å². The lowest BCUT2D eigenvalue weighted by Crippen LogP contribution is -2.38. The van der Waals surface area contributed by atoms with Crippen molar-refractivity contribution in [1.29, 1.82) is 0 Å². The van der Waals surface area contributed by atoms with Crippen molar-refractivity contribution in [2.45, 2.75) is 18.8 Å². The van der Waals surface area contributed by atoms with Crippen molar-refractivity contribution < 1.29 is 23.4 Å². The molecule has 0 aliphatic heterocycles. The highest BCUT2D eigenvalue weighted by molar-refractivity contribution is 6.32. The Kier molecular flexibility index (Phi) is 3.43. The molecule has 2 rings (SSSR count). The second kappa shape index (κ2) is 4.72. The number of carbonyl (C=O) groups is 1. The monoisotopic (exact) mass is 276 g/mol. The van der Waals surface area contributed by atoms with Crippen LogP contribution in [0, 0.1) is 5.92 Å². The van der Waals surface area contributed by atoms with Crippen LogP contribution in [-0.4, -0.2) is 23.6 Å². The molecule has 0 radical (unpaired) electrons. The molecule has 3 nitrogen and oxygen atoms in total. The van der Waals surface area contributed by atoms with Gasteiger partial charge in [0, 0.05) is 18.8 Å². The second-order valence-corrected chi connectivity index (χ2v) is 4.80. The molecule has 6 heteroatoms. The van der Waals surface area contributed by atoms with Crippen LogP contribution in [0.25, 0.3) is 0 Å². The number of hydrogen-bond acceptors (Lipinski definition) is 2. The van der Waals surface area contributed by atoms with Gasteiger partial charge in [-0.15, -0.1) is 0 Å². The average Bonchev–Trinajstić information content (AvgIpc) is 2.24. The molecular formula is C12H11ClF2O3. The van der Waals surface area contributed by atoms with E-state index in [9.17, 15) is 13.6 Å². The predicted octanol–water partition coefficient (Wildman–Crippen LogP) is 3.46. The van der Waals surface area contributed by atoms with E-state index in [1.165, 1.54) is 18.2 Å². The summed E-state index contributed by atoms with van der Waals surface area (Å²) < 4.78 is 30.5. The molecule has 18 heavy (non-hydrogen) atoms. The summed E-state index contributed by atoms with van der Waals surface area (Å²) in [4.78, 5) is 10.7. The lowest BCUT2D eigenvalue weighted by atomic mass is 9.82. The first-order valence-electron chi connectivity index (χ1n) is 5.41. The van der Waals surface area contributed by atoms with Crippen LogP contribution in [0.15, 0.2) is 18.2 Å². The van der Waals surface area contributed by atoms with Gasteiger partial charge in [-0.1, -0.05) is 11.6 Å². The molecule has 0 saturated heterocycles. The van der Waals surface area contributed by atoms with Gasteiger partial charge in [0.05, 0.1) is 17.2 Å². The van der Waals surface area contributed by atoms with Crippen molar-refractivity contribution in [1.82, 2.24) is 0 Å².